The van der Waals surface area contributed by atoms with Gasteiger partial charge in [0.25, 0.3) is 0 Å². The number of carbonyl (C=O) groups excluding carboxylic acids is 1. The van der Waals surface area contributed by atoms with Crippen molar-refractivity contribution in [1.82, 2.24) is 0 Å². The van der Waals surface area contributed by atoms with Gasteiger partial charge in [-0.25, -0.2) is 9.53 Å². The maximum Gasteiger partial charge on any atom is 0.513 e. The van der Waals surface area contributed by atoms with Crippen molar-refractivity contribution in [2.24, 2.45) is 0 Å². The second kappa shape index (κ2) is 5.54. The number of rotatable bonds is 5. The highest BCUT2D eigenvalue weighted by atomic mass is 19.4. The molecule has 0 fully saturated rings. The number of hydrogen-bond donors (Lipinski definition) is 0. The van der Waals surface area contributed by atoms with E-state index in [0.717, 1.165) is 6.92 Å². The Hall–Kier alpha value is -1.40. The normalized spacial score (nSPS) is 14.1. The highest BCUT2D eigenvalue weighted by Gasteiger charge is 2.72. The Kier molecular flexibility index (Phi) is 5.15. The SMILES string of the molecule is CCOC(=O)OC(F)(F)C(F)(F)OC(F)(F)C(F)(F)F. The van der Waals surface area contributed by atoms with Crippen LogP contribution in [-0.4, -0.2) is 37.3 Å². The highest BCUT2D eigenvalue weighted by molar-refractivity contribution is 5.60. The van der Waals surface area contributed by atoms with Crippen LogP contribution < -0.4 is 0 Å². The molecule has 20 heavy (non-hydrogen) atoms. The molecule has 0 aromatic heterocycles. The van der Waals surface area contributed by atoms with Crippen molar-refractivity contribution in [3.63, 3.8) is 0 Å². The van der Waals surface area contributed by atoms with Gasteiger partial charge in [-0.15, -0.1) is 0 Å². The van der Waals surface area contributed by atoms with E-state index in [-0.39, 0.29) is 0 Å². The van der Waals surface area contributed by atoms with Crippen molar-refractivity contribution >= 4 is 6.16 Å². The predicted octanol–water partition coefficient (Wildman–Crippen LogP) is 3.52. The lowest BCUT2D eigenvalue weighted by Crippen LogP contribution is -2.53. The third-order valence-electron chi connectivity index (χ3n) is 1.40. The molecule has 0 aromatic rings. The lowest BCUT2D eigenvalue weighted by atomic mass is 10.5. The van der Waals surface area contributed by atoms with Crippen molar-refractivity contribution in [2.45, 2.75) is 31.4 Å². The Labute approximate surface area is 104 Å². The minimum Gasteiger partial charge on any atom is -0.434 e. The molecule has 0 aromatic carbocycles. The summed E-state index contributed by atoms with van der Waals surface area (Å²) in [5, 5.41) is 0. The van der Waals surface area contributed by atoms with Gasteiger partial charge in [-0.1, -0.05) is 0 Å². The summed E-state index contributed by atoms with van der Waals surface area (Å²) in [5.74, 6) is 0. The van der Waals surface area contributed by atoms with Gasteiger partial charge in [-0.2, -0.15) is 39.5 Å². The van der Waals surface area contributed by atoms with E-state index in [0.29, 0.717) is 0 Å². The molecule has 0 atom stereocenters. The quantitative estimate of drug-likeness (QED) is 0.573. The summed E-state index contributed by atoms with van der Waals surface area (Å²) in [4.78, 5) is 10.3. The number of alkyl halides is 9. The Bertz CT molecular complexity index is 351. The number of halogens is 9. The minimum atomic E-state index is -6.68. The summed E-state index contributed by atoms with van der Waals surface area (Å²) in [6.45, 7) is 0.436. The molecule has 0 bridgehead atoms. The van der Waals surface area contributed by atoms with E-state index in [1.54, 1.807) is 4.74 Å². The molecule has 13 heteroatoms. The molecule has 120 valence electrons. The van der Waals surface area contributed by atoms with Gasteiger partial charge in [0.05, 0.1) is 6.61 Å². The Morgan fingerprint density at radius 1 is 0.850 bits per heavy atom. The van der Waals surface area contributed by atoms with E-state index in [1.165, 1.54) is 0 Å². The molecular formula is C7H5F9O4. The Morgan fingerprint density at radius 3 is 1.65 bits per heavy atom. The highest BCUT2D eigenvalue weighted by Crippen LogP contribution is 2.45. The molecule has 4 nitrogen and oxygen atoms in total. The molecule has 0 heterocycles. The van der Waals surface area contributed by atoms with Crippen LogP contribution in [0.4, 0.5) is 44.3 Å². The van der Waals surface area contributed by atoms with Gasteiger partial charge >= 0.3 is 30.7 Å². The first-order valence-electron chi connectivity index (χ1n) is 4.42. The van der Waals surface area contributed by atoms with Gasteiger partial charge in [-0.3, -0.25) is 0 Å². The standard InChI is InChI=1S/C7H5F9O4/c1-2-18-3(17)19-6(13,14)7(15,16)20-5(11,12)4(8,9)10/h2H2,1H3. The lowest BCUT2D eigenvalue weighted by Gasteiger charge is -2.28. The van der Waals surface area contributed by atoms with Gasteiger partial charge < -0.3 is 9.47 Å². The molecule has 0 rings (SSSR count). The van der Waals surface area contributed by atoms with Crippen LogP contribution in [0.1, 0.15) is 6.92 Å². The summed E-state index contributed by atoms with van der Waals surface area (Å²) in [6, 6.07) is 0. The zero-order valence-corrected chi connectivity index (χ0v) is 9.24. The fraction of sp³-hybridized carbons (Fsp3) is 0.857. The van der Waals surface area contributed by atoms with Gasteiger partial charge in [0.1, 0.15) is 0 Å². The second-order valence-electron chi connectivity index (χ2n) is 2.94. The molecule has 0 amide bonds. The van der Waals surface area contributed by atoms with Gasteiger partial charge in [0.15, 0.2) is 0 Å². The van der Waals surface area contributed by atoms with Crippen LogP contribution in [0.5, 0.6) is 0 Å². The Morgan fingerprint density at radius 2 is 1.30 bits per heavy atom. The third kappa shape index (κ3) is 4.31. The van der Waals surface area contributed by atoms with Crippen molar-refractivity contribution < 1.29 is 58.5 Å². The summed E-state index contributed by atoms with van der Waals surface area (Å²) in [6.07, 6.45) is -28.3. The van der Waals surface area contributed by atoms with E-state index >= 15 is 0 Å². The average molecular weight is 324 g/mol. The predicted molar refractivity (Wildman–Crippen MR) is 40.1 cm³/mol. The minimum absolute atomic E-state index is 0.611. The molecule has 0 radical (unpaired) electrons. The molecule has 0 aliphatic heterocycles. The van der Waals surface area contributed by atoms with Crippen molar-refractivity contribution in [2.75, 3.05) is 6.61 Å². The first kappa shape index (κ1) is 18.6. The van der Waals surface area contributed by atoms with Crippen LogP contribution in [0.15, 0.2) is 0 Å². The van der Waals surface area contributed by atoms with E-state index in [9.17, 15) is 44.3 Å². The largest absolute Gasteiger partial charge is 0.513 e. The van der Waals surface area contributed by atoms with Crippen molar-refractivity contribution in [3.05, 3.63) is 0 Å². The van der Waals surface area contributed by atoms with Gasteiger partial charge in [0, 0.05) is 0 Å². The summed E-state index contributed by atoms with van der Waals surface area (Å²) >= 11 is 0. The maximum atomic E-state index is 12.6. The van der Waals surface area contributed by atoms with E-state index in [1.807, 2.05) is 0 Å². The van der Waals surface area contributed by atoms with Crippen molar-refractivity contribution in [3.8, 4) is 0 Å². The molecule has 0 aliphatic rings. The van der Waals surface area contributed by atoms with Crippen LogP contribution in [0, 0.1) is 0 Å². The van der Waals surface area contributed by atoms with Crippen LogP contribution in [0.3, 0.4) is 0 Å². The smallest absolute Gasteiger partial charge is 0.434 e. The third-order valence-corrected chi connectivity index (χ3v) is 1.40. The zero-order chi connectivity index (χ0) is 16.4. The van der Waals surface area contributed by atoms with Gasteiger partial charge in [-0.05, 0) is 6.92 Å². The molecule has 0 unspecified atom stereocenters. The molecule has 0 aliphatic carbocycles. The Balaban J connectivity index is 5.07. The molecule has 0 spiro atoms. The van der Waals surface area contributed by atoms with E-state index < -0.39 is 37.3 Å². The lowest BCUT2D eigenvalue weighted by molar-refractivity contribution is -0.510. The molecule has 0 saturated heterocycles. The summed E-state index contributed by atoms with van der Waals surface area (Å²) in [7, 11) is 0. The number of carbonyl (C=O) groups is 1. The summed E-state index contributed by atoms with van der Waals surface area (Å²) in [5.41, 5.74) is 0. The van der Waals surface area contributed by atoms with Crippen LogP contribution in [0.2, 0.25) is 0 Å². The topological polar surface area (TPSA) is 44.8 Å². The molecule has 0 saturated carbocycles. The molecular weight excluding hydrogens is 319 g/mol. The average Bonchev–Trinajstić information content (AvgIpc) is 2.12. The first-order chi connectivity index (χ1) is 8.66. The van der Waals surface area contributed by atoms with Crippen LogP contribution in [0.25, 0.3) is 0 Å². The maximum absolute atomic E-state index is 12.6. The van der Waals surface area contributed by atoms with Crippen LogP contribution >= 0.6 is 0 Å². The van der Waals surface area contributed by atoms with Crippen LogP contribution in [-0.2, 0) is 14.2 Å². The van der Waals surface area contributed by atoms with Crippen molar-refractivity contribution in [1.29, 1.82) is 0 Å². The van der Waals surface area contributed by atoms with E-state index in [4.69, 9.17) is 0 Å². The summed E-state index contributed by atoms with van der Waals surface area (Å²) < 4.78 is 117. The van der Waals surface area contributed by atoms with E-state index in [2.05, 4.69) is 9.47 Å². The second-order valence-corrected chi connectivity index (χ2v) is 2.94. The molecule has 0 N–H and O–H groups in total. The first-order valence-corrected chi connectivity index (χ1v) is 4.42. The zero-order valence-electron chi connectivity index (χ0n) is 9.24. The van der Waals surface area contributed by atoms with Gasteiger partial charge in [0.2, 0.25) is 0 Å². The number of hydrogen-bond acceptors (Lipinski definition) is 4. The number of ether oxygens (including phenoxy) is 3. The fourth-order valence-electron chi connectivity index (χ4n) is 0.590. The fourth-order valence-corrected chi connectivity index (χ4v) is 0.590. The monoisotopic (exact) mass is 324 g/mol.